The molecular weight excluding hydrogens is 212 g/mol. The van der Waals surface area contributed by atoms with Gasteiger partial charge in [-0.15, -0.1) is 0 Å². The van der Waals surface area contributed by atoms with Crippen LogP contribution in [0.3, 0.4) is 0 Å². The fraction of sp³-hybridized carbons (Fsp3) is 0.0769. The maximum atomic E-state index is 5.89. The SMILES string of the molecule is Nc1cccc2c1cnn2Cc1ccccn1. The second-order valence-corrected chi connectivity index (χ2v) is 3.90. The molecule has 3 rings (SSSR count). The summed E-state index contributed by atoms with van der Waals surface area (Å²) >= 11 is 0. The molecule has 0 radical (unpaired) electrons. The van der Waals surface area contributed by atoms with Crippen molar-refractivity contribution in [3.8, 4) is 0 Å². The van der Waals surface area contributed by atoms with Gasteiger partial charge in [0.15, 0.2) is 0 Å². The molecule has 2 aromatic heterocycles. The average Bonchev–Trinajstić information content (AvgIpc) is 2.76. The number of hydrogen-bond acceptors (Lipinski definition) is 3. The van der Waals surface area contributed by atoms with E-state index >= 15 is 0 Å². The van der Waals surface area contributed by atoms with Crippen molar-refractivity contribution in [2.24, 2.45) is 0 Å². The van der Waals surface area contributed by atoms with Crippen molar-refractivity contribution >= 4 is 16.6 Å². The van der Waals surface area contributed by atoms with Crippen LogP contribution >= 0.6 is 0 Å². The Morgan fingerprint density at radius 1 is 1.12 bits per heavy atom. The Morgan fingerprint density at radius 3 is 2.88 bits per heavy atom. The summed E-state index contributed by atoms with van der Waals surface area (Å²) in [5.41, 5.74) is 8.68. The molecule has 0 unspecified atom stereocenters. The fourth-order valence-electron chi connectivity index (χ4n) is 1.90. The van der Waals surface area contributed by atoms with Gasteiger partial charge in [0.1, 0.15) is 0 Å². The van der Waals surface area contributed by atoms with Crippen LogP contribution in [0.25, 0.3) is 10.9 Å². The predicted octanol–water partition coefficient (Wildman–Crippen LogP) is 2.06. The molecule has 84 valence electrons. The van der Waals surface area contributed by atoms with Crippen LogP contribution in [0.4, 0.5) is 5.69 Å². The van der Waals surface area contributed by atoms with Gasteiger partial charge in [-0.3, -0.25) is 9.67 Å². The summed E-state index contributed by atoms with van der Waals surface area (Å²) in [4.78, 5) is 4.29. The molecule has 17 heavy (non-hydrogen) atoms. The predicted molar refractivity (Wildman–Crippen MR) is 67.5 cm³/mol. The van der Waals surface area contributed by atoms with E-state index in [0.29, 0.717) is 6.54 Å². The summed E-state index contributed by atoms with van der Waals surface area (Å²) in [7, 11) is 0. The lowest BCUT2D eigenvalue weighted by Gasteiger charge is -2.03. The third-order valence-electron chi connectivity index (χ3n) is 2.76. The monoisotopic (exact) mass is 224 g/mol. The van der Waals surface area contributed by atoms with Crippen molar-refractivity contribution in [2.75, 3.05) is 5.73 Å². The highest BCUT2D eigenvalue weighted by atomic mass is 15.3. The largest absolute Gasteiger partial charge is 0.398 e. The summed E-state index contributed by atoms with van der Waals surface area (Å²) in [6.45, 7) is 0.661. The molecular formula is C13H12N4. The Morgan fingerprint density at radius 2 is 2.06 bits per heavy atom. The second-order valence-electron chi connectivity index (χ2n) is 3.90. The van der Waals surface area contributed by atoms with Crippen molar-refractivity contribution in [1.82, 2.24) is 14.8 Å². The van der Waals surface area contributed by atoms with Crippen LogP contribution in [0, 0.1) is 0 Å². The maximum absolute atomic E-state index is 5.89. The quantitative estimate of drug-likeness (QED) is 0.678. The van der Waals surface area contributed by atoms with Crippen LogP contribution in [0.2, 0.25) is 0 Å². The zero-order chi connectivity index (χ0) is 11.7. The van der Waals surface area contributed by atoms with Gasteiger partial charge in [0.05, 0.1) is 24.0 Å². The Bertz CT molecular complexity index is 643. The summed E-state index contributed by atoms with van der Waals surface area (Å²) in [6.07, 6.45) is 3.59. The molecule has 0 saturated carbocycles. The number of hydrogen-bond donors (Lipinski definition) is 1. The highest BCUT2D eigenvalue weighted by Gasteiger charge is 2.05. The van der Waals surface area contributed by atoms with Gasteiger partial charge in [0.25, 0.3) is 0 Å². The standard InChI is InChI=1S/C13H12N4/c14-12-5-3-6-13-11(12)8-16-17(13)9-10-4-1-2-7-15-10/h1-8H,9,14H2. The van der Waals surface area contributed by atoms with Crippen molar-refractivity contribution in [3.05, 3.63) is 54.5 Å². The lowest BCUT2D eigenvalue weighted by molar-refractivity contribution is 0.696. The molecule has 3 aromatic rings. The Kier molecular flexibility index (Phi) is 2.26. The van der Waals surface area contributed by atoms with Crippen LogP contribution < -0.4 is 5.73 Å². The Labute approximate surface area is 98.7 Å². The number of fused-ring (bicyclic) bond motifs is 1. The number of pyridine rings is 1. The topological polar surface area (TPSA) is 56.7 Å². The highest BCUT2D eigenvalue weighted by molar-refractivity contribution is 5.90. The molecule has 0 atom stereocenters. The van der Waals surface area contributed by atoms with Crippen molar-refractivity contribution in [3.63, 3.8) is 0 Å². The van der Waals surface area contributed by atoms with E-state index in [1.54, 1.807) is 12.4 Å². The summed E-state index contributed by atoms with van der Waals surface area (Å²) in [5.74, 6) is 0. The van der Waals surface area contributed by atoms with Gasteiger partial charge < -0.3 is 5.73 Å². The van der Waals surface area contributed by atoms with E-state index in [4.69, 9.17) is 5.73 Å². The first kappa shape index (κ1) is 9.84. The number of anilines is 1. The maximum Gasteiger partial charge on any atom is 0.0838 e. The first-order chi connectivity index (χ1) is 8.34. The number of benzene rings is 1. The van der Waals surface area contributed by atoms with Gasteiger partial charge in [-0.1, -0.05) is 12.1 Å². The Balaban J connectivity index is 2.05. The van der Waals surface area contributed by atoms with Gasteiger partial charge >= 0.3 is 0 Å². The Hall–Kier alpha value is -2.36. The van der Waals surface area contributed by atoms with E-state index in [0.717, 1.165) is 22.3 Å². The van der Waals surface area contributed by atoms with Crippen LogP contribution in [-0.2, 0) is 6.54 Å². The molecule has 0 saturated heterocycles. The minimum atomic E-state index is 0.661. The molecule has 0 aliphatic heterocycles. The zero-order valence-electron chi connectivity index (χ0n) is 9.24. The fourth-order valence-corrected chi connectivity index (χ4v) is 1.90. The molecule has 0 aliphatic rings. The third-order valence-corrected chi connectivity index (χ3v) is 2.76. The van der Waals surface area contributed by atoms with Gasteiger partial charge in [-0.05, 0) is 24.3 Å². The molecule has 1 aromatic carbocycles. The van der Waals surface area contributed by atoms with Crippen molar-refractivity contribution < 1.29 is 0 Å². The molecule has 4 heteroatoms. The van der Waals surface area contributed by atoms with E-state index in [2.05, 4.69) is 10.1 Å². The molecule has 2 N–H and O–H groups in total. The number of nitrogens with two attached hydrogens (primary N) is 1. The summed E-state index contributed by atoms with van der Waals surface area (Å²) in [5, 5.41) is 5.34. The van der Waals surface area contributed by atoms with E-state index < -0.39 is 0 Å². The van der Waals surface area contributed by atoms with Crippen molar-refractivity contribution in [2.45, 2.75) is 6.54 Å². The molecule has 0 amide bonds. The molecule has 0 fully saturated rings. The molecule has 0 bridgehead atoms. The smallest absolute Gasteiger partial charge is 0.0838 e. The van der Waals surface area contributed by atoms with Crippen LogP contribution in [0.5, 0.6) is 0 Å². The summed E-state index contributed by atoms with van der Waals surface area (Å²) in [6, 6.07) is 11.7. The lowest BCUT2D eigenvalue weighted by Crippen LogP contribution is -2.02. The van der Waals surface area contributed by atoms with Gasteiger partial charge in [-0.25, -0.2) is 0 Å². The number of nitrogens with zero attached hydrogens (tertiary/aromatic N) is 3. The first-order valence-corrected chi connectivity index (χ1v) is 5.44. The minimum Gasteiger partial charge on any atom is -0.398 e. The molecule has 0 spiro atoms. The van der Waals surface area contributed by atoms with Gasteiger partial charge in [-0.2, -0.15) is 5.10 Å². The van der Waals surface area contributed by atoms with Gasteiger partial charge in [0, 0.05) is 17.3 Å². The first-order valence-electron chi connectivity index (χ1n) is 5.44. The number of nitrogen functional groups attached to an aromatic ring is 1. The van der Waals surface area contributed by atoms with Crippen LogP contribution in [0.15, 0.2) is 48.8 Å². The van der Waals surface area contributed by atoms with E-state index in [-0.39, 0.29) is 0 Å². The normalized spacial score (nSPS) is 10.8. The van der Waals surface area contributed by atoms with Crippen LogP contribution in [0.1, 0.15) is 5.69 Å². The second kappa shape index (κ2) is 3.90. The van der Waals surface area contributed by atoms with Gasteiger partial charge in [0.2, 0.25) is 0 Å². The van der Waals surface area contributed by atoms with Crippen LogP contribution in [-0.4, -0.2) is 14.8 Å². The van der Waals surface area contributed by atoms with E-state index in [9.17, 15) is 0 Å². The molecule has 2 heterocycles. The lowest BCUT2D eigenvalue weighted by atomic mass is 10.2. The van der Waals surface area contributed by atoms with E-state index in [1.165, 1.54) is 0 Å². The molecule has 4 nitrogen and oxygen atoms in total. The molecule has 0 aliphatic carbocycles. The van der Waals surface area contributed by atoms with Crippen molar-refractivity contribution in [1.29, 1.82) is 0 Å². The van der Waals surface area contributed by atoms with E-state index in [1.807, 2.05) is 41.1 Å². The third kappa shape index (κ3) is 1.73. The number of rotatable bonds is 2. The summed E-state index contributed by atoms with van der Waals surface area (Å²) < 4.78 is 1.91. The highest BCUT2D eigenvalue weighted by Crippen LogP contribution is 2.20. The average molecular weight is 224 g/mol. The minimum absolute atomic E-state index is 0.661. The number of aromatic nitrogens is 3. The zero-order valence-corrected chi connectivity index (χ0v) is 9.24.